The topological polar surface area (TPSA) is 46.5 Å². The average Bonchev–Trinajstić information content (AvgIpc) is 2.25. The van der Waals surface area contributed by atoms with Crippen LogP contribution in [-0.2, 0) is 10.2 Å². The van der Waals surface area contributed by atoms with Gasteiger partial charge in [0.1, 0.15) is 6.17 Å². The van der Waals surface area contributed by atoms with Crippen molar-refractivity contribution in [3.63, 3.8) is 0 Å². The van der Waals surface area contributed by atoms with Gasteiger partial charge in [-0.3, -0.25) is 4.79 Å². The highest BCUT2D eigenvalue weighted by atomic mass is 19.1. The van der Waals surface area contributed by atoms with E-state index in [0.29, 0.717) is 5.56 Å². The summed E-state index contributed by atoms with van der Waals surface area (Å²) in [5.74, 6) is -1.72. The number of aliphatic carboxylic acids is 1. The van der Waals surface area contributed by atoms with E-state index in [1.165, 1.54) is 20.1 Å². The van der Waals surface area contributed by atoms with Gasteiger partial charge < -0.3 is 9.84 Å². The molecule has 3 nitrogen and oxygen atoms in total. The molecule has 0 aliphatic carbocycles. The van der Waals surface area contributed by atoms with Crippen LogP contribution in [0.4, 0.5) is 8.78 Å². The first-order valence-electron chi connectivity index (χ1n) is 5.93. The largest absolute Gasteiger partial charge is 0.493 e. The Kier molecular flexibility index (Phi) is 4.50. The Hall–Kier alpha value is -1.65. The predicted molar refractivity (Wildman–Crippen MR) is 67.8 cm³/mol. The summed E-state index contributed by atoms with van der Waals surface area (Å²) >= 11 is 0. The van der Waals surface area contributed by atoms with Crippen LogP contribution >= 0.6 is 0 Å². The second kappa shape index (κ2) is 5.55. The number of hydrogen-bond acceptors (Lipinski definition) is 2. The molecule has 0 fully saturated rings. The maximum atomic E-state index is 13.9. The van der Waals surface area contributed by atoms with Gasteiger partial charge in [0.2, 0.25) is 0 Å². The minimum absolute atomic E-state index is 0.0318. The van der Waals surface area contributed by atoms with Gasteiger partial charge in [-0.1, -0.05) is 13.8 Å². The van der Waals surface area contributed by atoms with E-state index >= 15 is 0 Å². The molecule has 0 saturated heterocycles. The van der Waals surface area contributed by atoms with Crippen LogP contribution in [0.15, 0.2) is 12.1 Å². The van der Waals surface area contributed by atoms with E-state index in [1.807, 2.05) is 0 Å². The van der Waals surface area contributed by atoms with Crippen molar-refractivity contribution >= 4 is 5.97 Å². The third kappa shape index (κ3) is 3.43. The molecular weight excluding hydrogens is 254 g/mol. The van der Waals surface area contributed by atoms with Crippen LogP contribution in [0.1, 0.15) is 44.5 Å². The van der Waals surface area contributed by atoms with Crippen LogP contribution in [0.2, 0.25) is 0 Å². The number of benzene rings is 1. The first kappa shape index (κ1) is 15.4. The summed E-state index contributed by atoms with van der Waals surface area (Å²) < 4.78 is 32.2. The van der Waals surface area contributed by atoms with Crippen LogP contribution in [0, 0.1) is 5.82 Å². The van der Waals surface area contributed by atoms with Gasteiger partial charge in [0, 0.05) is 11.0 Å². The van der Waals surface area contributed by atoms with E-state index in [1.54, 1.807) is 13.8 Å². The van der Waals surface area contributed by atoms with Crippen LogP contribution in [0.25, 0.3) is 0 Å². The number of methoxy groups -OCH3 is 1. The first-order chi connectivity index (χ1) is 8.69. The minimum Gasteiger partial charge on any atom is -0.493 e. The van der Waals surface area contributed by atoms with E-state index in [2.05, 4.69) is 0 Å². The Morgan fingerprint density at radius 3 is 2.47 bits per heavy atom. The molecule has 0 spiro atoms. The molecule has 0 aliphatic rings. The van der Waals surface area contributed by atoms with Gasteiger partial charge in [-0.2, -0.15) is 0 Å². The SMILES string of the molecule is COc1c(F)cc(C(C)F)cc1C(C)(C)CC(=O)O. The lowest BCUT2D eigenvalue weighted by Gasteiger charge is -2.26. The molecule has 1 unspecified atom stereocenters. The Labute approximate surface area is 111 Å². The molecule has 1 atom stereocenters. The molecule has 0 bridgehead atoms. The van der Waals surface area contributed by atoms with Gasteiger partial charge in [-0.25, -0.2) is 8.78 Å². The Morgan fingerprint density at radius 2 is 2.05 bits per heavy atom. The number of halogens is 2. The number of rotatable bonds is 5. The van der Waals surface area contributed by atoms with Gasteiger partial charge in [0.05, 0.1) is 13.5 Å². The van der Waals surface area contributed by atoms with Crippen molar-refractivity contribution in [3.8, 4) is 5.75 Å². The van der Waals surface area contributed by atoms with Crippen molar-refractivity contribution in [2.75, 3.05) is 7.11 Å². The smallest absolute Gasteiger partial charge is 0.304 e. The van der Waals surface area contributed by atoms with Crippen molar-refractivity contribution < 1.29 is 23.4 Å². The molecule has 0 aromatic heterocycles. The molecular formula is C14H18F2O3. The number of alkyl halides is 1. The van der Waals surface area contributed by atoms with E-state index in [4.69, 9.17) is 9.84 Å². The molecule has 106 valence electrons. The summed E-state index contributed by atoms with van der Waals surface area (Å²) in [5.41, 5.74) is -0.327. The second-order valence-electron chi connectivity index (χ2n) is 5.15. The average molecular weight is 272 g/mol. The fourth-order valence-corrected chi connectivity index (χ4v) is 2.03. The standard InChI is InChI=1S/C14H18F2O3/c1-8(15)9-5-10(13(19-4)11(16)6-9)14(2,3)7-12(17)18/h5-6,8H,7H2,1-4H3,(H,17,18). The molecule has 0 heterocycles. The Bertz CT molecular complexity index is 482. The van der Waals surface area contributed by atoms with Gasteiger partial charge in [-0.05, 0) is 24.6 Å². The minimum atomic E-state index is -1.33. The molecule has 1 rings (SSSR count). The van der Waals surface area contributed by atoms with Crippen molar-refractivity contribution in [2.24, 2.45) is 0 Å². The number of carboxylic acids is 1. The molecule has 0 radical (unpaired) electrons. The zero-order valence-corrected chi connectivity index (χ0v) is 11.5. The van der Waals surface area contributed by atoms with Crippen LogP contribution < -0.4 is 4.74 Å². The fourth-order valence-electron chi connectivity index (χ4n) is 2.03. The Balaban J connectivity index is 3.42. The second-order valence-corrected chi connectivity index (χ2v) is 5.15. The summed E-state index contributed by atoms with van der Waals surface area (Å²) in [7, 11) is 1.30. The summed E-state index contributed by atoms with van der Waals surface area (Å²) in [6.07, 6.45) is -1.54. The number of carbonyl (C=O) groups is 1. The van der Waals surface area contributed by atoms with Crippen LogP contribution in [-0.4, -0.2) is 18.2 Å². The molecule has 1 aromatic carbocycles. The molecule has 0 saturated carbocycles. The summed E-state index contributed by atoms with van der Waals surface area (Å²) in [4.78, 5) is 10.9. The molecule has 5 heteroatoms. The lowest BCUT2D eigenvalue weighted by Crippen LogP contribution is -2.23. The van der Waals surface area contributed by atoms with Gasteiger partial charge in [0.15, 0.2) is 11.6 Å². The monoisotopic (exact) mass is 272 g/mol. The van der Waals surface area contributed by atoms with Crippen molar-refractivity contribution in [1.82, 2.24) is 0 Å². The Morgan fingerprint density at radius 1 is 1.47 bits per heavy atom. The van der Waals surface area contributed by atoms with Crippen molar-refractivity contribution in [1.29, 1.82) is 0 Å². The highest BCUT2D eigenvalue weighted by Gasteiger charge is 2.30. The summed E-state index contributed by atoms with van der Waals surface area (Å²) in [5, 5.41) is 8.91. The molecule has 19 heavy (non-hydrogen) atoms. The lowest BCUT2D eigenvalue weighted by atomic mass is 9.80. The van der Waals surface area contributed by atoms with E-state index in [-0.39, 0.29) is 17.7 Å². The number of hydrogen-bond donors (Lipinski definition) is 1. The predicted octanol–water partition coefficient (Wildman–Crippen LogP) is 3.62. The highest BCUT2D eigenvalue weighted by Crippen LogP contribution is 2.38. The van der Waals surface area contributed by atoms with Crippen LogP contribution in [0.3, 0.4) is 0 Å². The quantitative estimate of drug-likeness (QED) is 0.890. The van der Waals surface area contributed by atoms with E-state index < -0.39 is 23.4 Å². The molecule has 0 aliphatic heterocycles. The van der Waals surface area contributed by atoms with Gasteiger partial charge >= 0.3 is 5.97 Å². The normalized spacial score (nSPS) is 13.2. The third-order valence-corrected chi connectivity index (χ3v) is 3.05. The maximum absolute atomic E-state index is 13.9. The summed E-state index contributed by atoms with van der Waals surface area (Å²) in [6, 6.07) is 2.54. The van der Waals surface area contributed by atoms with Crippen molar-refractivity contribution in [2.45, 2.75) is 38.8 Å². The highest BCUT2D eigenvalue weighted by molar-refractivity contribution is 5.69. The molecule has 0 amide bonds. The van der Waals surface area contributed by atoms with Gasteiger partial charge in [-0.15, -0.1) is 0 Å². The molecule has 1 aromatic rings. The lowest BCUT2D eigenvalue weighted by molar-refractivity contribution is -0.138. The van der Waals surface area contributed by atoms with E-state index in [9.17, 15) is 13.6 Å². The van der Waals surface area contributed by atoms with Crippen LogP contribution in [0.5, 0.6) is 5.75 Å². The number of ether oxygens (including phenoxy) is 1. The molecule has 1 N–H and O–H groups in total. The number of carboxylic acid groups (broad SMARTS) is 1. The fraction of sp³-hybridized carbons (Fsp3) is 0.500. The van der Waals surface area contributed by atoms with Crippen molar-refractivity contribution in [3.05, 3.63) is 29.1 Å². The zero-order chi connectivity index (χ0) is 14.8. The van der Waals surface area contributed by atoms with Gasteiger partial charge in [0.25, 0.3) is 0 Å². The first-order valence-corrected chi connectivity index (χ1v) is 5.93. The third-order valence-electron chi connectivity index (χ3n) is 3.05. The maximum Gasteiger partial charge on any atom is 0.304 e. The summed E-state index contributed by atoms with van der Waals surface area (Å²) in [6.45, 7) is 4.62. The zero-order valence-electron chi connectivity index (χ0n) is 11.5. The van der Waals surface area contributed by atoms with E-state index in [0.717, 1.165) is 6.07 Å².